The number of carbonyl (C=O) groups excluding carboxylic acids is 1. The Morgan fingerprint density at radius 3 is 2.69 bits per heavy atom. The lowest BCUT2D eigenvalue weighted by Gasteiger charge is -2.05. The van der Waals surface area contributed by atoms with Crippen molar-refractivity contribution in [1.82, 2.24) is 0 Å². The summed E-state index contributed by atoms with van der Waals surface area (Å²) in [7, 11) is 1.34. The molecular weight excluding hydrogens is 255 g/mol. The first-order valence-corrected chi connectivity index (χ1v) is 4.77. The number of ether oxygens (including phenoxy) is 1. The highest BCUT2D eigenvalue weighted by Crippen LogP contribution is 2.25. The predicted octanol–water partition coefficient (Wildman–Crippen LogP) is 3.20. The molecule has 0 saturated heterocycles. The zero-order valence-corrected chi connectivity index (χ0v) is 9.57. The lowest BCUT2D eigenvalue weighted by atomic mass is 10.1. The Morgan fingerprint density at radius 2 is 2.15 bits per heavy atom. The molecule has 1 rings (SSSR count). The number of halogens is 2. The standard InChI is InChI=1S/C9H8BrClO2/c1-5-7(9(12)13-2)3-6(10)4-8(5)11/h3-4H,1-2H3. The Morgan fingerprint density at radius 1 is 1.54 bits per heavy atom. The van der Waals surface area contributed by atoms with E-state index in [0.29, 0.717) is 10.6 Å². The summed E-state index contributed by atoms with van der Waals surface area (Å²) in [5.74, 6) is -0.374. The minimum atomic E-state index is -0.374. The van der Waals surface area contributed by atoms with Gasteiger partial charge in [0.05, 0.1) is 12.7 Å². The van der Waals surface area contributed by atoms with E-state index in [1.54, 1.807) is 19.1 Å². The van der Waals surface area contributed by atoms with Crippen molar-refractivity contribution in [2.24, 2.45) is 0 Å². The molecule has 0 N–H and O–H groups in total. The van der Waals surface area contributed by atoms with Gasteiger partial charge in [0.1, 0.15) is 0 Å². The van der Waals surface area contributed by atoms with Gasteiger partial charge in [0.15, 0.2) is 0 Å². The van der Waals surface area contributed by atoms with Crippen molar-refractivity contribution in [3.05, 3.63) is 32.8 Å². The molecule has 2 nitrogen and oxygen atoms in total. The van der Waals surface area contributed by atoms with Crippen LogP contribution in [0.3, 0.4) is 0 Å². The van der Waals surface area contributed by atoms with E-state index in [0.717, 1.165) is 10.0 Å². The summed E-state index contributed by atoms with van der Waals surface area (Å²) in [6.45, 7) is 1.78. The fourth-order valence-electron chi connectivity index (χ4n) is 0.968. The molecule has 0 unspecified atom stereocenters. The summed E-state index contributed by atoms with van der Waals surface area (Å²) in [5, 5.41) is 0.551. The van der Waals surface area contributed by atoms with Crippen LogP contribution in [0.25, 0.3) is 0 Å². The van der Waals surface area contributed by atoms with Crippen molar-refractivity contribution in [1.29, 1.82) is 0 Å². The Balaban J connectivity index is 3.28. The fourth-order valence-corrected chi connectivity index (χ4v) is 1.78. The number of hydrogen-bond acceptors (Lipinski definition) is 2. The molecule has 0 bridgehead atoms. The molecule has 13 heavy (non-hydrogen) atoms. The van der Waals surface area contributed by atoms with Crippen LogP contribution < -0.4 is 0 Å². The molecule has 0 aliphatic carbocycles. The highest BCUT2D eigenvalue weighted by Gasteiger charge is 2.12. The van der Waals surface area contributed by atoms with Crippen molar-refractivity contribution < 1.29 is 9.53 Å². The molecule has 0 aromatic heterocycles. The third-order valence-electron chi connectivity index (χ3n) is 1.71. The molecule has 0 spiro atoms. The van der Waals surface area contributed by atoms with Crippen molar-refractivity contribution in [3.8, 4) is 0 Å². The van der Waals surface area contributed by atoms with Gasteiger partial charge < -0.3 is 4.74 Å². The van der Waals surface area contributed by atoms with Crippen molar-refractivity contribution in [3.63, 3.8) is 0 Å². The summed E-state index contributed by atoms with van der Waals surface area (Å²) in [6.07, 6.45) is 0. The van der Waals surface area contributed by atoms with Gasteiger partial charge in [0, 0.05) is 9.50 Å². The zero-order valence-electron chi connectivity index (χ0n) is 7.23. The second-order valence-electron chi connectivity index (χ2n) is 2.55. The van der Waals surface area contributed by atoms with Gasteiger partial charge in [0.25, 0.3) is 0 Å². The van der Waals surface area contributed by atoms with Gasteiger partial charge in [-0.2, -0.15) is 0 Å². The molecule has 0 atom stereocenters. The first kappa shape index (κ1) is 10.5. The maximum absolute atomic E-state index is 11.2. The molecule has 0 heterocycles. The maximum Gasteiger partial charge on any atom is 0.338 e. The minimum absolute atomic E-state index is 0.374. The highest BCUT2D eigenvalue weighted by atomic mass is 79.9. The molecule has 0 saturated carbocycles. The van der Waals surface area contributed by atoms with Crippen LogP contribution in [0.5, 0.6) is 0 Å². The van der Waals surface area contributed by atoms with E-state index in [1.165, 1.54) is 7.11 Å². The molecular formula is C9H8BrClO2. The van der Waals surface area contributed by atoms with E-state index in [1.807, 2.05) is 0 Å². The molecule has 0 aliphatic heterocycles. The van der Waals surface area contributed by atoms with E-state index in [4.69, 9.17) is 11.6 Å². The lowest BCUT2D eigenvalue weighted by Crippen LogP contribution is -2.04. The van der Waals surface area contributed by atoms with Crippen LogP contribution >= 0.6 is 27.5 Å². The third-order valence-corrected chi connectivity index (χ3v) is 2.56. The first-order valence-electron chi connectivity index (χ1n) is 3.60. The smallest absolute Gasteiger partial charge is 0.338 e. The molecule has 0 fully saturated rings. The van der Waals surface area contributed by atoms with Crippen molar-refractivity contribution >= 4 is 33.5 Å². The van der Waals surface area contributed by atoms with Gasteiger partial charge in [0.2, 0.25) is 0 Å². The summed E-state index contributed by atoms with van der Waals surface area (Å²) >= 11 is 9.13. The summed E-state index contributed by atoms with van der Waals surface area (Å²) in [5.41, 5.74) is 1.22. The van der Waals surface area contributed by atoms with Crippen LogP contribution in [-0.2, 0) is 4.74 Å². The quantitative estimate of drug-likeness (QED) is 0.727. The van der Waals surface area contributed by atoms with Crippen LogP contribution in [0.2, 0.25) is 5.02 Å². The predicted molar refractivity (Wildman–Crippen MR) is 55.2 cm³/mol. The topological polar surface area (TPSA) is 26.3 Å². The van der Waals surface area contributed by atoms with Gasteiger partial charge in [-0.15, -0.1) is 0 Å². The zero-order chi connectivity index (χ0) is 10.0. The number of hydrogen-bond donors (Lipinski definition) is 0. The number of rotatable bonds is 1. The van der Waals surface area contributed by atoms with Crippen LogP contribution in [0.1, 0.15) is 15.9 Å². The minimum Gasteiger partial charge on any atom is -0.465 e. The van der Waals surface area contributed by atoms with Gasteiger partial charge in [-0.1, -0.05) is 27.5 Å². The molecule has 70 valence electrons. The van der Waals surface area contributed by atoms with Crippen LogP contribution in [0.4, 0.5) is 0 Å². The monoisotopic (exact) mass is 262 g/mol. The average molecular weight is 264 g/mol. The van der Waals surface area contributed by atoms with E-state index in [9.17, 15) is 4.79 Å². The summed E-state index contributed by atoms with van der Waals surface area (Å²) < 4.78 is 5.38. The highest BCUT2D eigenvalue weighted by molar-refractivity contribution is 9.10. The van der Waals surface area contributed by atoms with Crippen LogP contribution in [-0.4, -0.2) is 13.1 Å². The van der Waals surface area contributed by atoms with E-state index in [2.05, 4.69) is 20.7 Å². The maximum atomic E-state index is 11.2. The SMILES string of the molecule is COC(=O)c1cc(Br)cc(Cl)c1C. The Hall–Kier alpha value is -0.540. The van der Waals surface area contributed by atoms with E-state index in [-0.39, 0.29) is 5.97 Å². The largest absolute Gasteiger partial charge is 0.465 e. The third kappa shape index (κ3) is 2.23. The van der Waals surface area contributed by atoms with Gasteiger partial charge in [-0.25, -0.2) is 4.79 Å². The Kier molecular flexibility index (Phi) is 3.33. The molecule has 1 aromatic carbocycles. The van der Waals surface area contributed by atoms with Gasteiger partial charge in [-0.05, 0) is 24.6 Å². The molecule has 0 aliphatic rings. The van der Waals surface area contributed by atoms with Crippen molar-refractivity contribution in [2.75, 3.05) is 7.11 Å². The van der Waals surface area contributed by atoms with Crippen molar-refractivity contribution in [2.45, 2.75) is 6.92 Å². The normalized spacial score (nSPS) is 9.85. The summed E-state index contributed by atoms with van der Waals surface area (Å²) in [6, 6.07) is 3.43. The molecule has 4 heteroatoms. The van der Waals surface area contributed by atoms with E-state index < -0.39 is 0 Å². The number of carbonyl (C=O) groups is 1. The second kappa shape index (κ2) is 4.11. The van der Waals surface area contributed by atoms with Crippen LogP contribution in [0, 0.1) is 6.92 Å². The molecule has 0 amide bonds. The van der Waals surface area contributed by atoms with Gasteiger partial charge in [-0.3, -0.25) is 0 Å². The second-order valence-corrected chi connectivity index (χ2v) is 3.87. The average Bonchev–Trinajstić information content (AvgIpc) is 2.10. The Labute approximate surface area is 90.0 Å². The molecule has 1 aromatic rings. The number of methoxy groups -OCH3 is 1. The lowest BCUT2D eigenvalue weighted by molar-refractivity contribution is 0.0600. The van der Waals surface area contributed by atoms with E-state index >= 15 is 0 Å². The number of benzene rings is 1. The van der Waals surface area contributed by atoms with Crippen LogP contribution in [0.15, 0.2) is 16.6 Å². The first-order chi connectivity index (χ1) is 6.06. The summed E-state index contributed by atoms with van der Waals surface area (Å²) in [4.78, 5) is 11.2. The van der Waals surface area contributed by atoms with Gasteiger partial charge >= 0.3 is 5.97 Å². The fraction of sp³-hybridized carbons (Fsp3) is 0.222. The number of esters is 1. The Bertz CT molecular complexity index is 350. The molecule has 0 radical (unpaired) electrons.